The van der Waals surface area contributed by atoms with Gasteiger partial charge < -0.3 is 31.0 Å². The molecule has 1 fully saturated rings. The highest BCUT2D eigenvalue weighted by Gasteiger charge is 2.21. The second-order valence-corrected chi connectivity index (χ2v) is 10.3. The number of nitrogens with zero attached hydrogens (tertiary/aromatic N) is 2. The number of aromatic nitrogens is 3. The van der Waals surface area contributed by atoms with E-state index in [0.29, 0.717) is 34.6 Å². The molecule has 2 aromatic heterocycles. The Kier molecular flexibility index (Phi) is 7.91. The fraction of sp³-hybridized carbons (Fsp3) is 0.290. The number of anilines is 2. The van der Waals surface area contributed by atoms with Crippen molar-refractivity contribution in [3.05, 3.63) is 80.3 Å². The van der Waals surface area contributed by atoms with Gasteiger partial charge >= 0.3 is 5.97 Å². The summed E-state index contributed by atoms with van der Waals surface area (Å²) in [4.78, 5) is 35.7. The Balaban J connectivity index is 1.61. The molecule has 0 aliphatic heterocycles. The van der Waals surface area contributed by atoms with Gasteiger partial charge in [-0.25, -0.2) is 9.78 Å². The van der Waals surface area contributed by atoms with E-state index in [9.17, 15) is 14.7 Å². The zero-order chi connectivity index (χ0) is 29.1. The van der Waals surface area contributed by atoms with Crippen LogP contribution in [0, 0.1) is 0 Å². The van der Waals surface area contributed by atoms with E-state index in [1.54, 1.807) is 20.4 Å². The molecular weight excluding hydrogens is 522 g/mol. The predicted molar refractivity (Wildman–Crippen MR) is 159 cm³/mol. The molecule has 0 amide bonds. The number of hydrogen-bond acceptors (Lipinski definition) is 8. The number of benzene rings is 2. The van der Waals surface area contributed by atoms with Crippen LogP contribution in [0.4, 0.5) is 11.8 Å². The third-order valence-electron chi connectivity index (χ3n) is 7.68. The van der Waals surface area contributed by atoms with E-state index in [2.05, 4.69) is 15.0 Å². The van der Waals surface area contributed by atoms with Crippen LogP contribution in [0.3, 0.4) is 0 Å². The van der Waals surface area contributed by atoms with Crippen LogP contribution in [-0.2, 0) is 6.42 Å². The van der Waals surface area contributed by atoms with Crippen molar-refractivity contribution < 1.29 is 19.4 Å². The van der Waals surface area contributed by atoms with Crippen molar-refractivity contribution in [2.75, 3.05) is 25.7 Å². The first-order chi connectivity index (χ1) is 19.8. The third kappa shape index (κ3) is 5.72. The van der Waals surface area contributed by atoms with Gasteiger partial charge in [0, 0.05) is 40.8 Å². The van der Waals surface area contributed by atoms with Crippen LogP contribution in [0.1, 0.15) is 76.2 Å². The minimum Gasteiger partial charge on any atom is -0.493 e. The lowest BCUT2D eigenvalue weighted by molar-refractivity contribution is 0.0695. The molecule has 0 spiro atoms. The Labute approximate surface area is 237 Å². The highest BCUT2D eigenvalue weighted by molar-refractivity contribution is 5.93. The maximum absolute atomic E-state index is 13.0. The second kappa shape index (κ2) is 11.7. The first-order valence-electron chi connectivity index (χ1n) is 13.5. The summed E-state index contributed by atoms with van der Waals surface area (Å²) in [7, 11) is 3.18. The Morgan fingerprint density at radius 1 is 1.07 bits per heavy atom. The molecular formula is C31H33N5O5. The molecule has 1 aliphatic rings. The number of nitrogens with two attached hydrogens (primary N) is 2. The Hall–Kier alpha value is -4.86. The van der Waals surface area contributed by atoms with Crippen LogP contribution in [0.25, 0.3) is 23.1 Å². The molecule has 2 aromatic carbocycles. The lowest BCUT2D eigenvalue weighted by Crippen LogP contribution is -2.16. The van der Waals surface area contributed by atoms with Gasteiger partial charge in [0.25, 0.3) is 0 Å². The number of nitrogen functional groups attached to an aromatic ring is 2. The fourth-order valence-electron chi connectivity index (χ4n) is 5.62. The maximum atomic E-state index is 13.0. The molecule has 0 saturated heterocycles. The summed E-state index contributed by atoms with van der Waals surface area (Å²) in [5.74, 6) is 0.607. The van der Waals surface area contributed by atoms with Gasteiger partial charge in [-0.05, 0) is 59.7 Å². The highest BCUT2D eigenvalue weighted by Crippen LogP contribution is 2.38. The molecule has 0 radical (unpaired) electrons. The standard InChI is InChI=1S/C31H33N5O5/c1-40-26-12-17(11-21-15-35-31(33)36-29(21)32)10-20(28(26)41-2)9-8-19-13-25-23(27(37)24(16-34-25)30(38)39)14-22(19)18-6-4-3-5-7-18/h8-10,12-16,18H,3-7,11H2,1-2H3,(H,34,37)(H,38,39)(H4,32,33,35,36)/b9-8+. The summed E-state index contributed by atoms with van der Waals surface area (Å²) >= 11 is 0. The largest absolute Gasteiger partial charge is 0.493 e. The first kappa shape index (κ1) is 27.7. The quantitative estimate of drug-likeness (QED) is 0.219. The lowest BCUT2D eigenvalue weighted by atomic mass is 9.81. The number of hydrogen-bond donors (Lipinski definition) is 4. The van der Waals surface area contributed by atoms with Crippen LogP contribution in [0.5, 0.6) is 11.5 Å². The molecule has 5 rings (SSSR count). The average Bonchev–Trinajstić information content (AvgIpc) is 2.97. The van der Waals surface area contributed by atoms with Crippen LogP contribution in [-0.4, -0.2) is 40.2 Å². The molecule has 2 heterocycles. The van der Waals surface area contributed by atoms with Crippen molar-refractivity contribution in [2.24, 2.45) is 0 Å². The van der Waals surface area contributed by atoms with Crippen molar-refractivity contribution in [3.8, 4) is 11.5 Å². The molecule has 4 aromatic rings. The minimum absolute atomic E-state index is 0.117. The van der Waals surface area contributed by atoms with Gasteiger partial charge in [-0.1, -0.05) is 31.4 Å². The monoisotopic (exact) mass is 555 g/mol. The van der Waals surface area contributed by atoms with E-state index in [-0.39, 0.29) is 17.4 Å². The Morgan fingerprint density at radius 3 is 2.51 bits per heavy atom. The van der Waals surface area contributed by atoms with E-state index >= 15 is 0 Å². The van der Waals surface area contributed by atoms with E-state index < -0.39 is 11.4 Å². The summed E-state index contributed by atoms with van der Waals surface area (Å²) in [6.45, 7) is 0. The number of H-pyrrole nitrogens is 1. The second-order valence-electron chi connectivity index (χ2n) is 10.3. The number of methoxy groups -OCH3 is 2. The molecule has 0 atom stereocenters. The van der Waals surface area contributed by atoms with Crippen LogP contribution < -0.4 is 26.4 Å². The number of ether oxygens (including phenoxy) is 2. The van der Waals surface area contributed by atoms with Gasteiger partial charge in [0.05, 0.1) is 14.2 Å². The van der Waals surface area contributed by atoms with Crippen molar-refractivity contribution in [1.29, 1.82) is 0 Å². The number of pyridine rings is 1. The highest BCUT2D eigenvalue weighted by atomic mass is 16.5. The Morgan fingerprint density at radius 2 is 1.83 bits per heavy atom. The average molecular weight is 556 g/mol. The molecule has 1 aliphatic carbocycles. The first-order valence-corrected chi connectivity index (χ1v) is 13.5. The number of carboxylic acids is 1. The summed E-state index contributed by atoms with van der Waals surface area (Å²) in [6.07, 6.45) is 12.7. The number of fused-ring (bicyclic) bond motifs is 1. The Bertz CT molecular complexity index is 1710. The van der Waals surface area contributed by atoms with Crippen molar-refractivity contribution >= 4 is 40.8 Å². The number of nitrogens with one attached hydrogen (secondary N) is 1. The molecule has 6 N–H and O–H groups in total. The predicted octanol–water partition coefficient (Wildman–Crippen LogP) is 5.01. The zero-order valence-electron chi connectivity index (χ0n) is 23.1. The zero-order valence-corrected chi connectivity index (χ0v) is 23.1. The molecule has 0 unspecified atom stereocenters. The summed E-state index contributed by atoms with van der Waals surface area (Å²) in [5, 5.41) is 9.85. The number of aromatic amines is 1. The smallest absolute Gasteiger partial charge is 0.341 e. The fourth-order valence-corrected chi connectivity index (χ4v) is 5.62. The molecule has 1 saturated carbocycles. The van der Waals surface area contributed by atoms with Gasteiger partial charge in [-0.15, -0.1) is 0 Å². The SMILES string of the molecule is COc1cc(Cc2cnc(N)nc2N)cc(/C=C/c2cc3[nH]cc(C(=O)O)c(=O)c3cc2C2CCCCC2)c1OC. The van der Waals surface area contributed by atoms with E-state index in [1.165, 1.54) is 12.6 Å². The normalized spacial score (nSPS) is 14.0. The van der Waals surface area contributed by atoms with Crippen molar-refractivity contribution in [2.45, 2.75) is 44.4 Å². The third-order valence-corrected chi connectivity index (χ3v) is 7.68. The van der Waals surface area contributed by atoms with Crippen LogP contribution in [0.2, 0.25) is 0 Å². The molecule has 10 heteroatoms. The summed E-state index contributed by atoms with van der Waals surface area (Å²) in [6, 6.07) is 7.67. The van der Waals surface area contributed by atoms with Crippen molar-refractivity contribution in [1.82, 2.24) is 15.0 Å². The minimum atomic E-state index is -1.25. The molecule has 41 heavy (non-hydrogen) atoms. The van der Waals surface area contributed by atoms with Gasteiger partial charge in [0.1, 0.15) is 11.4 Å². The van der Waals surface area contributed by atoms with E-state index in [1.807, 2.05) is 36.4 Å². The number of aromatic carboxylic acids is 1. The maximum Gasteiger partial charge on any atom is 0.341 e. The molecule has 10 nitrogen and oxygen atoms in total. The summed E-state index contributed by atoms with van der Waals surface area (Å²) < 4.78 is 11.4. The van der Waals surface area contributed by atoms with Crippen LogP contribution in [0.15, 0.2) is 41.5 Å². The lowest BCUT2D eigenvalue weighted by Gasteiger charge is -2.24. The number of carboxylic acid groups (broad SMARTS) is 1. The molecule has 212 valence electrons. The van der Waals surface area contributed by atoms with E-state index in [4.69, 9.17) is 20.9 Å². The van der Waals surface area contributed by atoms with Gasteiger partial charge in [-0.2, -0.15) is 4.98 Å². The van der Waals surface area contributed by atoms with E-state index in [0.717, 1.165) is 53.5 Å². The topological polar surface area (TPSA) is 166 Å². The van der Waals surface area contributed by atoms with Gasteiger partial charge in [0.15, 0.2) is 11.5 Å². The summed E-state index contributed by atoms with van der Waals surface area (Å²) in [5.41, 5.74) is 16.0. The van der Waals surface area contributed by atoms with Crippen molar-refractivity contribution in [3.63, 3.8) is 0 Å². The number of carbonyl (C=O) groups is 1. The van der Waals surface area contributed by atoms with Gasteiger partial charge in [-0.3, -0.25) is 4.79 Å². The van der Waals surface area contributed by atoms with Crippen LogP contribution >= 0.6 is 0 Å². The molecule has 0 bridgehead atoms. The number of rotatable bonds is 8. The van der Waals surface area contributed by atoms with Gasteiger partial charge in [0.2, 0.25) is 11.4 Å².